The normalized spacial score (nSPS) is 10.7. The van der Waals surface area contributed by atoms with Gasteiger partial charge in [-0.3, -0.25) is 0 Å². The number of amides is 2. The Hall–Kier alpha value is -2.48. The van der Waals surface area contributed by atoms with Gasteiger partial charge in [-0.05, 0) is 26.3 Å². The first kappa shape index (κ1) is 34.5. The third kappa shape index (κ3) is 26.4. The Bertz CT molecular complexity index is 666. The molecule has 0 saturated heterocycles. The maximum absolute atomic E-state index is 11.5. The molecule has 0 aliphatic rings. The number of hydrogen-bond acceptors (Lipinski definition) is 10. The van der Waals surface area contributed by atoms with Crippen molar-refractivity contribution in [3.8, 4) is 0 Å². The lowest BCUT2D eigenvalue weighted by Crippen LogP contribution is -2.34. The summed E-state index contributed by atoms with van der Waals surface area (Å²) in [7, 11) is 0. The second-order valence-electron chi connectivity index (χ2n) is 8.44. The van der Waals surface area contributed by atoms with Crippen LogP contribution >= 0.6 is 0 Å². The highest BCUT2D eigenvalue weighted by Gasteiger charge is 2.15. The van der Waals surface area contributed by atoms with Crippen LogP contribution in [0.2, 0.25) is 0 Å². The highest BCUT2D eigenvalue weighted by Crippen LogP contribution is 2.06. The fourth-order valence-corrected chi connectivity index (χ4v) is 2.35. The number of rotatable bonds is 18. The molecule has 1 aromatic rings. The molecule has 0 aromatic heterocycles. The first-order valence-corrected chi connectivity index (χ1v) is 12.4. The molecule has 0 radical (unpaired) electrons. The van der Waals surface area contributed by atoms with E-state index in [4.69, 9.17) is 39.9 Å². The monoisotopic (exact) mass is 530 g/mol. The van der Waals surface area contributed by atoms with Crippen molar-refractivity contribution < 1.29 is 38.0 Å². The summed E-state index contributed by atoms with van der Waals surface area (Å²) in [5.41, 5.74) is 10.8. The number of nitrogens with two attached hydrogens (primary N) is 2. The molecule has 0 saturated carbocycles. The van der Waals surface area contributed by atoms with Gasteiger partial charge in [0.2, 0.25) is 0 Å². The molecule has 1 rings (SSSR count). The third-order valence-electron chi connectivity index (χ3n) is 3.91. The third-order valence-corrected chi connectivity index (χ3v) is 3.91. The van der Waals surface area contributed by atoms with Crippen LogP contribution in [0.4, 0.5) is 9.59 Å². The maximum atomic E-state index is 11.5. The van der Waals surface area contributed by atoms with Crippen LogP contribution in [-0.2, 0) is 35.0 Å². The van der Waals surface area contributed by atoms with Crippen LogP contribution in [0.5, 0.6) is 0 Å². The van der Waals surface area contributed by atoms with Crippen LogP contribution in [0.15, 0.2) is 30.3 Å². The molecule has 1 aromatic carbocycles. The van der Waals surface area contributed by atoms with Crippen molar-refractivity contribution in [2.45, 2.75) is 33.0 Å². The van der Waals surface area contributed by atoms with E-state index >= 15 is 0 Å². The van der Waals surface area contributed by atoms with Gasteiger partial charge in [-0.1, -0.05) is 30.3 Å². The smallest absolute Gasteiger partial charge is 0.407 e. The van der Waals surface area contributed by atoms with Gasteiger partial charge in [-0.2, -0.15) is 0 Å². The van der Waals surface area contributed by atoms with Crippen LogP contribution in [0.3, 0.4) is 0 Å². The molecule has 0 atom stereocenters. The van der Waals surface area contributed by atoms with Gasteiger partial charge in [0.15, 0.2) is 0 Å². The molecular formula is C25H46N4O8. The lowest BCUT2D eigenvalue weighted by molar-refractivity contribution is 0.0399. The van der Waals surface area contributed by atoms with Gasteiger partial charge in [-0.25, -0.2) is 9.59 Å². The van der Waals surface area contributed by atoms with Crippen LogP contribution in [0, 0.1) is 0 Å². The Morgan fingerprint density at radius 3 is 1.62 bits per heavy atom. The van der Waals surface area contributed by atoms with E-state index in [1.165, 1.54) is 0 Å². The molecule has 0 unspecified atom stereocenters. The molecule has 12 nitrogen and oxygen atoms in total. The summed E-state index contributed by atoms with van der Waals surface area (Å²) >= 11 is 0. The number of carbonyl (C=O) groups is 2. The molecule has 0 heterocycles. The number of hydrogen-bond donors (Lipinski definition) is 4. The Morgan fingerprint density at radius 2 is 1.16 bits per heavy atom. The zero-order valence-corrected chi connectivity index (χ0v) is 22.5. The van der Waals surface area contributed by atoms with E-state index in [0.29, 0.717) is 79.0 Å². The zero-order chi connectivity index (χ0) is 27.6. The number of carbonyl (C=O) groups excluding carboxylic acids is 2. The van der Waals surface area contributed by atoms with Crippen LogP contribution in [-0.4, -0.2) is 96.8 Å². The minimum absolute atomic E-state index is 0.235. The first-order valence-electron chi connectivity index (χ1n) is 12.4. The van der Waals surface area contributed by atoms with E-state index in [9.17, 15) is 9.59 Å². The molecule has 0 aliphatic carbocycles. The van der Waals surface area contributed by atoms with Gasteiger partial charge >= 0.3 is 12.2 Å². The van der Waals surface area contributed by atoms with Crippen molar-refractivity contribution >= 4 is 12.2 Å². The molecule has 12 heteroatoms. The second-order valence-corrected chi connectivity index (χ2v) is 8.44. The number of benzene rings is 1. The zero-order valence-electron chi connectivity index (χ0n) is 22.5. The Kier molecular flexibility index (Phi) is 22.3. The van der Waals surface area contributed by atoms with Gasteiger partial charge in [0.05, 0.1) is 52.9 Å². The maximum Gasteiger partial charge on any atom is 0.407 e. The molecule has 0 aliphatic heterocycles. The summed E-state index contributed by atoms with van der Waals surface area (Å²) < 4.78 is 30.9. The lowest BCUT2D eigenvalue weighted by Gasteiger charge is -2.19. The van der Waals surface area contributed by atoms with E-state index in [-0.39, 0.29) is 6.61 Å². The van der Waals surface area contributed by atoms with Gasteiger partial charge in [0.25, 0.3) is 0 Å². The molecule has 0 spiro atoms. The number of nitrogens with one attached hydrogen (secondary N) is 2. The van der Waals surface area contributed by atoms with Crippen LogP contribution in [0.25, 0.3) is 0 Å². The summed E-state index contributed by atoms with van der Waals surface area (Å²) in [6, 6.07) is 9.46. The van der Waals surface area contributed by atoms with Crippen molar-refractivity contribution in [3.05, 3.63) is 35.9 Å². The van der Waals surface area contributed by atoms with Gasteiger partial charge in [-0.15, -0.1) is 0 Å². The van der Waals surface area contributed by atoms with Gasteiger partial charge in [0.1, 0.15) is 12.2 Å². The topological polar surface area (TPSA) is 166 Å². The summed E-state index contributed by atoms with van der Waals surface area (Å²) in [4.78, 5) is 22.9. The standard InChI is InChI=1S/C19H30N2O6.C6H16N2O2/c1-19(2,3)27-18(23)21-10-12-25-14-13-24-11-9-20-17(22)26-15-16-7-5-4-6-8-16;7-1-3-9-5-6-10-4-2-8/h4-8H,9-15H2,1-3H3,(H,20,22)(H,21,23);1-8H2. The van der Waals surface area contributed by atoms with Crippen molar-refractivity contribution in [3.63, 3.8) is 0 Å². The van der Waals surface area contributed by atoms with Crippen molar-refractivity contribution in [1.82, 2.24) is 10.6 Å². The number of alkyl carbamates (subject to hydrolysis) is 2. The van der Waals surface area contributed by atoms with E-state index < -0.39 is 17.8 Å². The number of ether oxygens (including phenoxy) is 6. The molecule has 6 N–H and O–H groups in total. The highest BCUT2D eigenvalue weighted by molar-refractivity contribution is 5.67. The molecular weight excluding hydrogens is 484 g/mol. The largest absolute Gasteiger partial charge is 0.445 e. The molecule has 0 bridgehead atoms. The summed E-state index contributed by atoms with van der Waals surface area (Å²) in [5, 5.41) is 5.20. The van der Waals surface area contributed by atoms with E-state index in [1.807, 2.05) is 30.3 Å². The molecule has 0 fully saturated rings. The highest BCUT2D eigenvalue weighted by atomic mass is 16.6. The van der Waals surface area contributed by atoms with Crippen molar-refractivity contribution in [2.75, 3.05) is 79.0 Å². The predicted octanol–water partition coefficient (Wildman–Crippen LogP) is 1.41. The first-order chi connectivity index (χ1) is 17.8. The van der Waals surface area contributed by atoms with Gasteiger partial charge < -0.3 is 50.5 Å². The van der Waals surface area contributed by atoms with Crippen molar-refractivity contribution in [2.24, 2.45) is 11.5 Å². The minimum atomic E-state index is -0.513. The molecule has 2 amide bonds. The summed E-state index contributed by atoms with van der Waals surface area (Å²) in [6.07, 6.45) is -0.945. The molecule has 214 valence electrons. The van der Waals surface area contributed by atoms with Gasteiger partial charge in [0, 0.05) is 26.2 Å². The Labute approximate surface area is 220 Å². The average molecular weight is 531 g/mol. The lowest BCUT2D eigenvalue weighted by atomic mass is 10.2. The molecule has 37 heavy (non-hydrogen) atoms. The Balaban J connectivity index is 0.00000109. The summed E-state index contributed by atoms with van der Waals surface area (Å²) in [5.74, 6) is 0. The SMILES string of the molecule is CC(C)(C)OC(=O)NCCOCCOCCNC(=O)OCc1ccccc1.NCCOCCOCCN. The van der Waals surface area contributed by atoms with E-state index in [2.05, 4.69) is 10.6 Å². The minimum Gasteiger partial charge on any atom is -0.445 e. The average Bonchev–Trinajstić information content (AvgIpc) is 2.86. The van der Waals surface area contributed by atoms with E-state index in [0.717, 1.165) is 5.56 Å². The van der Waals surface area contributed by atoms with E-state index in [1.54, 1.807) is 20.8 Å². The van der Waals surface area contributed by atoms with Crippen LogP contribution < -0.4 is 22.1 Å². The van der Waals surface area contributed by atoms with Crippen LogP contribution in [0.1, 0.15) is 26.3 Å². The fourth-order valence-electron chi connectivity index (χ4n) is 2.35. The summed E-state index contributed by atoms with van der Waals surface area (Å²) in [6.45, 7) is 11.4. The fraction of sp³-hybridized carbons (Fsp3) is 0.680. The second kappa shape index (κ2) is 23.9. The Morgan fingerprint density at radius 1 is 0.703 bits per heavy atom. The van der Waals surface area contributed by atoms with Crippen molar-refractivity contribution in [1.29, 1.82) is 0 Å². The quantitative estimate of drug-likeness (QED) is 0.204. The predicted molar refractivity (Wildman–Crippen MR) is 140 cm³/mol.